The summed E-state index contributed by atoms with van der Waals surface area (Å²) in [5, 5.41) is 0. The molecule has 0 aliphatic heterocycles. The van der Waals surface area contributed by atoms with E-state index in [1.807, 2.05) is 24.7 Å². The second-order valence-electron chi connectivity index (χ2n) is 4.82. The molecule has 1 unspecified atom stereocenters. The highest BCUT2D eigenvalue weighted by molar-refractivity contribution is 5.35. The Morgan fingerprint density at radius 3 is 2.84 bits per heavy atom. The van der Waals surface area contributed by atoms with Crippen LogP contribution >= 0.6 is 0 Å². The molecule has 0 aliphatic rings. The Morgan fingerprint density at radius 1 is 1.26 bits per heavy atom. The number of imidazole rings is 1. The fraction of sp³-hybridized carbons (Fsp3) is 0.467. The van der Waals surface area contributed by atoms with Crippen LogP contribution in [-0.4, -0.2) is 20.6 Å². The first-order valence-electron chi connectivity index (χ1n) is 6.98. The van der Waals surface area contributed by atoms with Crippen molar-refractivity contribution < 1.29 is 0 Å². The van der Waals surface area contributed by atoms with E-state index in [0.29, 0.717) is 0 Å². The Balaban J connectivity index is 2.35. The van der Waals surface area contributed by atoms with Gasteiger partial charge in [0.1, 0.15) is 11.6 Å². The molecule has 19 heavy (non-hydrogen) atoms. The van der Waals surface area contributed by atoms with Gasteiger partial charge in [0.2, 0.25) is 0 Å². The van der Waals surface area contributed by atoms with Gasteiger partial charge in [-0.15, -0.1) is 0 Å². The molecule has 2 N–H and O–H groups in total. The lowest BCUT2D eigenvalue weighted by molar-refractivity contribution is 0.641. The maximum Gasteiger partial charge on any atom is 0.141 e. The summed E-state index contributed by atoms with van der Waals surface area (Å²) >= 11 is 0. The molecule has 0 aromatic carbocycles. The summed E-state index contributed by atoms with van der Waals surface area (Å²) in [5.74, 6) is 2.03. The SMILES string of the molecule is CCCc1nccn1-c1ncccc1CC(N)CC. The summed E-state index contributed by atoms with van der Waals surface area (Å²) in [6, 6.07) is 4.26. The van der Waals surface area contributed by atoms with Crippen LogP contribution in [0.3, 0.4) is 0 Å². The van der Waals surface area contributed by atoms with Crippen molar-refractivity contribution in [3.05, 3.63) is 42.1 Å². The lowest BCUT2D eigenvalue weighted by Gasteiger charge is -2.14. The van der Waals surface area contributed by atoms with Gasteiger partial charge in [-0.05, 0) is 30.9 Å². The van der Waals surface area contributed by atoms with E-state index in [9.17, 15) is 0 Å². The highest BCUT2D eigenvalue weighted by Gasteiger charge is 2.12. The van der Waals surface area contributed by atoms with E-state index in [1.54, 1.807) is 0 Å². The molecule has 0 amide bonds. The summed E-state index contributed by atoms with van der Waals surface area (Å²) in [6.07, 6.45) is 9.50. The fourth-order valence-corrected chi connectivity index (χ4v) is 2.17. The molecule has 1 atom stereocenters. The Bertz CT molecular complexity index is 518. The quantitative estimate of drug-likeness (QED) is 0.866. The predicted octanol–water partition coefficient (Wildman–Crippen LogP) is 2.50. The van der Waals surface area contributed by atoms with Crippen molar-refractivity contribution in [2.45, 2.75) is 45.6 Å². The number of nitrogens with zero attached hydrogens (tertiary/aromatic N) is 3. The molecule has 2 heterocycles. The maximum absolute atomic E-state index is 6.07. The first-order valence-corrected chi connectivity index (χ1v) is 6.98. The van der Waals surface area contributed by atoms with Gasteiger partial charge in [0.15, 0.2) is 0 Å². The van der Waals surface area contributed by atoms with Gasteiger partial charge in [-0.3, -0.25) is 4.57 Å². The van der Waals surface area contributed by atoms with E-state index < -0.39 is 0 Å². The average Bonchev–Trinajstić information content (AvgIpc) is 2.88. The van der Waals surface area contributed by atoms with E-state index in [2.05, 4.69) is 34.4 Å². The number of hydrogen-bond donors (Lipinski definition) is 1. The summed E-state index contributed by atoms with van der Waals surface area (Å²) < 4.78 is 2.08. The van der Waals surface area contributed by atoms with Gasteiger partial charge >= 0.3 is 0 Å². The van der Waals surface area contributed by atoms with Gasteiger partial charge in [-0.25, -0.2) is 9.97 Å². The number of hydrogen-bond acceptors (Lipinski definition) is 3. The molecule has 0 saturated heterocycles. The topological polar surface area (TPSA) is 56.7 Å². The van der Waals surface area contributed by atoms with Crippen LogP contribution in [0.2, 0.25) is 0 Å². The molecule has 0 aliphatic carbocycles. The van der Waals surface area contributed by atoms with Crippen molar-refractivity contribution in [3.63, 3.8) is 0 Å². The molecule has 0 spiro atoms. The van der Waals surface area contributed by atoms with Crippen molar-refractivity contribution in [3.8, 4) is 5.82 Å². The zero-order valence-corrected chi connectivity index (χ0v) is 11.7. The third-order valence-corrected chi connectivity index (χ3v) is 3.29. The second kappa shape index (κ2) is 6.48. The third kappa shape index (κ3) is 3.20. The smallest absolute Gasteiger partial charge is 0.141 e. The van der Waals surface area contributed by atoms with E-state index in [4.69, 9.17) is 5.73 Å². The van der Waals surface area contributed by atoms with Crippen LogP contribution in [0.15, 0.2) is 30.7 Å². The molecule has 2 aromatic rings. The Kier molecular flexibility index (Phi) is 4.68. The molecule has 4 heteroatoms. The Morgan fingerprint density at radius 2 is 2.11 bits per heavy atom. The van der Waals surface area contributed by atoms with Gasteiger partial charge in [0.25, 0.3) is 0 Å². The van der Waals surface area contributed by atoms with Gasteiger partial charge < -0.3 is 5.73 Å². The molecule has 0 radical (unpaired) electrons. The zero-order chi connectivity index (χ0) is 13.7. The predicted molar refractivity (Wildman–Crippen MR) is 77.3 cm³/mol. The van der Waals surface area contributed by atoms with Crippen LogP contribution in [0.5, 0.6) is 0 Å². The van der Waals surface area contributed by atoms with Crippen LogP contribution in [-0.2, 0) is 12.8 Å². The van der Waals surface area contributed by atoms with E-state index in [-0.39, 0.29) is 6.04 Å². The summed E-state index contributed by atoms with van der Waals surface area (Å²) in [5.41, 5.74) is 7.26. The van der Waals surface area contributed by atoms with Crippen molar-refractivity contribution >= 4 is 0 Å². The number of nitrogens with two attached hydrogens (primary N) is 1. The normalized spacial score (nSPS) is 12.6. The van der Waals surface area contributed by atoms with Gasteiger partial charge in [0, 0.05) is 31.1 Å². The average molecular weight is 258 g/mol. The fourth-order valence-electron chi connectivity index (χ4n) is 2.17. The summed E-state index contributed by atoms with van der Waals surface area (Å²) in [7, 11) is 0. The Hall–Kier alpha value is -1.68. The van der Waals surface area contributed by atoms with Gasteiger partial charge in [0.05, 0.1) is 0 Å². The molecule has 2 aromatic heterocycles. The van der Waals surface area contributed by atoms with E-state index in [1.165, 1.54) is 5.56 Å². The summed E-state index contributed by atoms with van der Waals surface area (Å²) in [4.78, 5) is 8.93. The minimum absolute atomic E-state index is 0.182. The summed E-state index contributed by atoms with van der Waals surface area (Å²) in [6.45, 7) is 4.27. The molecular formula is C15H22N4. The molecule has 2 rings (SSSR count). The lowest BCUT2D eigenvalue weighted by atomic mass is 10.1. The number of rotatable bonds is 6. The molecule has 102 valence electrons. The van der Waals surface area contributed by atoms with Crippen LogP contribution in [0, 0.1) is 0 Å². The zero-order valence-electron chi connectivity index (χ0n) is 11.7. The molecule has 4 nitrogen and oxygen atoms in total. The lowest BCUT2D eigenvalue weighted by Crippen LogP contribution is -2.22. The minimum atomic E-state index is 0.182. The first-order chi connectivity index (χ1) is 9.26. The highest BCUT2D eigenvalue weighted by Crippen LogP contribution is 2.16. The van der Waals surface area contributed by atoms with Crippen LogP contribution in [0.1, 0.15) is 38.1 Å². The van der Waals surface area contributed by atoms with Gasteiger partial charge in [-0.1, -0.05) is 19.9 Å². The Labute approximate surface area is 114 Å². The van der Waals surface area contributed by atoms with Crippen molar-refractivity contribution in [2.75, 3.05) is 0 Å². The number of aryl methyl sites for hydroxylation is 1. The van der Waals surface area contributed by atoms with E-state index in [0.717, 1.165) is 37.3 Å². The molecule has 0 saturated carbocycles. The number of pyridine rings is 1. The third-order valence-electron chi connectivity index (χ3n) is 3.29. The largest absolute Gasteiger partial charge is 0.327 e. The van der Waals surface area contributed by atoms with Crippen LogP contribution < -0.4 is 5.73 Å². The van der Waals surface area contributed by atoms with Gasteiger partial charge in [-0.2, -0.15) is 0 Å². The minimum Gasteiger partial charge on any atom is -0.327 e. The number of aromatic nitrogens is 3. The van der Waals surface area contributed by atoms with Crippen LogP contribution in [0.25, 0.3) is 5.82 Å². The standard InChI is InChI=1S/C15H22N4/c1-3-6-14-17-9-10-19(14)15-12(7-5-8-18-15)11-13(16)4-2/h5,7-10,13H,3-4,6,11,16H2,1-2H3. The van der Waals surface area contributed by atoms with Crippen molar-refractivity contribution in [1.82, 2.24) is 14.5 Å². The molecule has 0 fully saturated rings. The molecular weight excluding hydrogens is 236 g/mol. The monoisotopic (exact) mass is 258 g/mol. The maximum atomic E-state index is 6.07. The van der Waals surface area contributed by atoms with Crippen molar-refractivity contribution in [1.29, 1.82) is 0 Å². The second-order valence-corrected chi connectivity index (χ2v) is 4.82. The van der Waals surface area contributed by atoms with Crippen molar-refractivity contribution in [2.24, 2.45) is 5.73 Å². The van der Waals surface area contributed by atoms with E-state index >= 15 is 0 Å². The molecule has 0 bridgehead atoms. The highest BCUT2D eigenvalue weighted by atomic mass is 15.1. The first kappa shape index (κ1) is 13.7. The van der Waals surface area contributed by atoms with Crippen LogP contribution in [0.4, 0.5) is 0 Å².